The van der Waals surface area contributed by atoms with E-state index in [4.69, 9.17) is 4.74 Å². The summed E-state index contributed by atoms with van der Waals surface area (Å²) >= 11 is 0. The van der Waals surface area contributed by atoms with Crippen LogP contribution in [0.5, 0.6) is 0 Å². The predicted octanol–water partition coefficient (Wildman–Crippen LogP) is 1.08. The zero-order valence-electron chi connectivity index (χ0n) is 11.0. The summed E-state index contributed by atoms with van der Waals surface area (Å²) in [4.78, 5) is 24.7. The third kappa shape index (κ3) is 3.39. The fourth-order valence-electron chi connectivity index (χ4n) is 2.00. The number of morpholine rings is 1. The Morgan fingerprint density at radius 3 is 2.68 bits per heavy atom. The Morgan fingerprint density at radius 2 is 2.00 bits per heavy atom. The molecule has 0 radical (unpaired) electrons. The Kier molecular flexibility index (Phi) is 4.65. The van der Waals surface area contributed by atoms with Crippen LogP contribution in [0.4, 0.5) is 5.69 Å². The summed E-state index contributed by atoms with van der Waals surface area (Å²) in [5.74, 6) is -0.621. The lowest BCUT2D eigenvalue weighted by Crippen LogP contribution is -2.46. The lowest BCUT2D eigenvalue weighted by Gasteiger charge is -2.25. The molecule has 1 aromatic rings. The Morgan fingerprint density at radius 1 is 1.26 bits per heavy atom. The van der Waals surface area contributed by atoms with Crippen molar-refractivity contribution in [2.24, 2.45) is 0 Å². The number of ether oxygens (including phenoxy) is 1. The number of carbonyl (C=O) groups excluding carboxylic acids is 2. The van der Waals surface area contributed by atoms with E-state index in [9.17, 15) is 9.59 Å². The van der Waals surface area contributed by atoms with E-state index in [2.05, 4.69) is 12.2 Å². The average molecular weight is 262 g/mol. The summed E-state index contributed by atoms with van der Waals surface area (Å²) in [5, 5.41) is 3.29. The second kappa shape index (κ2) is 6.45. The van der Waals surface area contributed by atoms with Crippen LogP contribution < -0.4 is 10.2 Å². The smallest absolute Gasteiger partial charge is 0.259 e. The van der Waals surface area contributed by atoms with Crippen LogP contribution in [0.1, 0.15) is 18.9 Å². The molecule has 0 atom stereocenters. The zero-order valence-corrected chi connectivity index (χ0v) is 11.0. The van der Waals surface area contributed by atoms with E-state index in [-0.39, 0.29) is 25.0 Å². The van der Waals surface area contributed by atoms with Gasteiger partial charge >= 0.3 is 0 Å². The molecule has 0 saturated carbocycles. The van der Waals surface area contributed by atoms with Gasteiger partial charge in [-0.3, -0.25) is 9.59 Å². The second-order valence-corrected chi connectivity index (χ2v) is 4.46. The molecule has 0 bridgehead atoms. The maximum Gasteiger partial charge on any atom is 0.259 e. The molecule has 1 N–H and O–H groups in total. The standard InChI is InChI=1S/C14H18N2O3/c1-2-6-15-8-11-4-3-5-12(7-11)16-13(17)9-19-10-14(16)18/h3-5,7,15H,2,6,8-10H2,1H3. The second-order valence-electron chi connectivity index (χ2n) is 4.46. The Labute approximate surface area is 112 Å². The van der Waals surface area contributed by atoms with Crippen molar-refractivity contribution in [3.63, 3.8) is 0 Å². The molecule has 1 aliphatic rings. The summed E-state index contributed by atoms with van der Waals surface area (Å²) in [6, 6.07) is 7.46. The molecule has 1 aliphatic heterocycles. The third-order valence-corrected chi connectivity index (χ3v) is 2.87. The van der Waals surface area contributed by atoms with E-state index >= 15 is 0 Å². The molecule has 1 saturated heterocycles. The molecule has 1 aromatic carbocycles. The van der Waals surface area contributed by atoms with Crippen molar-refractivity contribution in [2.45, 2.75) is 19.9 Å². The summed E-state index contributed by atoms with van der Waals surface area (Å²) in [5.41, 5.74) is 1.67. The maximum absolute atomic E-state index is 11.7. The van der Waals surface area contributed by atoms with Gasteiger partial charge in [0.1, 0.15) is 13.2 Å². The number of benzene rings is 1. The Hall–Kier alpha value is -1.72. The topological polar surface area (TPSA) is 58.6 Å². The minimum Gasteiger partial charge on any atom is -0.362 e. The lowest BCUT2D eigenvalue weighted by molar-refractivity contribution is -0.138. The first-order valence-electron chi connectivity index (χ1n) is 6.45. The monoisotopic (exact) mass is 262 g/mol. The van der Waals surface area contributed by atoms with Gasteiger partial charge in [-0.1, -0.05) is 19.1 Å². The highest BCUT2D eigenvalue weighted by molar-refractivity contribution is 6.17. The molecule has 5 heteroatoms. The van der Waals surface area contributed by atoms with Gasteiger partial charge in [0.2, 0.25) is 0 Å². The molecular formula is C14H18N2O3. The van der Waals surface area contributed by atoms with Crippen LogP contribution in [0.15, 0.2) is 24.3 Å². The van der Waals surface area contributed by atoms with Crippen LogP contribution >= 0.6 is 0 Å². The minimum absolute atomic E-state index is 0.0376. The first-order valence-corrected chi connectivity index (χ1v) is 6.45. The maximum atomic E-state index is 11.7. The van der Waals surface area contributed by atoms with Crippen molar-refractivity contribution in [3.05, 3.63) is 29.8 Å². The number of carbonyl (C=O) groups is 2. The normalized spacial score (nSPS) is 15.9. The number of nitrogens with one attached hydrogen (secondary N) is 1. The number of imide groups is 1. The number of hydrogen-bond donors (Lipinski definition) is 1. The van der Waals surface area contributed by atoms with Crippen LogP contribution in [-0.4, -0.2) is 31.6 Å². The van der Waals surface area contributed by atoms with Crippen LogP contribution in [0.3, 0.4) is 0 Å². The van der Waals surface area contributed by atoms with Crippen LogP contribution in [0.2, 0.25) is 0 Å². The van der Waals surface area contributed by atoms with Crippen LogP contribution in [0, 0.1) is 0 Å². The van der Waals surface area contributed by atoms with E-state index < -0.39 is 0 Å². The molecule has 0 aliphatic carbocycles. The quantitative estimate of drug-likeness (QED) is 0.637. The van der Waals surface area contributed by atoms with E-state index in [0.717, 1.165) is 25.1 Å². The summed E-state index contributed by atoms with van der Waals surface area (Å²) in [7, 11) is 0. The predicted molar refractivity (Wildman–Crippen MR) is 71.8 cm³/mol. The van der Waals surface area contributed by atoms with Gasteiger partial charge in [0, 0.05) is 6.54 Å². The van der Waals surface area contributed by atoms with Gasteiger partial charge in [-0.25, -0.2) is 4.90 Å². The molecule has 102 valence electrons. The fourth-order valence-corrected chi connectivity index (χ4v) is 2.00. The van der Waals surface area contributed by atoms with Crippen molar-refractivity contribution in [2.75, 3.05) is 24.7 Å². The number of hydrogen-bond acceptors (Lipinski definition) is 4. The number of amides is 2. The van der Waals surface area contributed by atoms with Crippen molar-refractivity contribution < 1.29 is 14.3 Å². The first-order chi connectivity index (χ1) is 9.22. The molecule has 0 aromatic heterocycles. The van der Waals surface area contributed by atoms with E-state index in [0.29, 0.717) is 5.69 Å². The number of anilines is 1. The zero-order chi connectivity index (χ0) is 13.7. The average Bonchev–Trinajstić information content (AvgIpc) is 2.39. The molecule has 0 unspecified atom stereocenters. The van der Waals surface area contributed by atoms with Gasteiger partial charge in [0.25, 0.3) is 11.8 Å². The molecule has 5 nitrogen and oxygen atoms in total. The van der Waals surface area contributed by atoms with Crippen molar-refractivity contribution >= 4 is 17.5 Å². The molecular weight excluding hydrogens is 244 g/mol. The van der Waals surface area contributed by atoms with Crippen molar-refractivity contribution in [1.29, 1.82) is 0 Å². The van der Waals surface area contributed by atoms with Crippen LogP contribution in [0.25, 0.3) is 0 Å². The van der Waals surface area contributed by atoms with E-state index in [1.54, 1.807) is 6.07 Å². The highest BCUT2D eigenvalue weighted by Gasteiger charge is 2.28. The minimum atomic E-state index is -0.310. The molecule has 1 heterocycles. The SMILES string of the molecule is CCCNCc1cccc(N2C(=O)COCC2=O)c1. The molecule has 2 rings (SSSR count). The molecule has 0 spiro atoms. The van der Waals surface area contributed by atoms with Gasteiger partial charge < -0.3 is 10.1 Å². The summed E-state index contributed by atoms with van der Waals surface area (Å²) in [6.45, 7) is 3.70. The van der Waals surface area contributed by atoms with E-state index in [1.165, 1.54) is 4.90 Å². The third-order valence-electron chi connectivity index (χ3n) is 2.87. The van der Waals surface area contributed by atoms with Gasteiger partial charge in [0.15, 0.2) is 0 Å². The highest BCUT2D eigenvalue weighted by Crippen LogP contribution is 2.19. The lowest BCUT2D eigenvalue weighted by atomic mass is 10.1. The van der Waals surface area contributed by atoms with Crippen LogP contribution in [-0.2, 0) is 20.9 Å². The van der Waals surface area contributed by atoms with Gasteiger partial charge in [-0.05, 0) is 30.7 Å². The Bertz CT molecular complexity index is 458. The largest absolute Gasteiger partial charge is 0.362 e. The van der Waals surface area contributed by atoms with Gasteiger partial charge in [0.05, 0.1) is 5.69 Å². The van der Waals surface area contributed by atoms with Gasteiger partial charge in [-0.15, -0.1) is 0 Å². The first kappa shape index (κ1) is 13.7. The summed E-state index contributed by atoms with van der Waals surface area (Å²) in [6.07, 6.45) is 1.07. The highest BCUT2D eigenvalue weighted by atomic mass is 16.5. The number of rotatable bonds is 5. The van der Waals surface area contributed by atoms with Crippen molar-refractivity contribution in [3.8, 4) is 0 Å². The van der Waals surface area contributed by atoms with Gasteiger partial charge in [-0.2, -0.15) is 0 Å². The number of nitrogens with zero attached hydrogens (tertiary/aromatic N) is 1. The molecule has 19 heavy (non-hydrogen) atoms. The fraction of sp³-hybridized carbons (Fsp3) is 0.429. The van der Waals surface area contributed by atoms with Crippen molar-refractivity contribution in [1.82, 2.24) is 5.32 Å². The Balaban J connectivity index is 2.13. The molecule has 1 fully saturated rings. The summed E-state index contributed by atoms with van der Waals surface area (Å²) < 4.78 is 4.90. The molecule has 2 amide bonds. The van der Waals surface area contributed by atoms with E-state index in [1.807, 2.05) is 18.2 Å².